The maximum absolute atomic E-state index is 12.9. The highest BCUT2D eigenvalue weighted by Crippen LogP contribution is 2.52. The molecule has 0 radical (unpaired) electrons. The van der Waals surface area contributed by atoms with Gasteiger partial charge in [-0.05, 0) is 31.1 Å². The first kappa shape index (κ1) is 15.9. The van der Waals surface area contributed by atoms with E-state index in [-0.39, 0.29) is 5.91 Å². The Morgan fingerprint density at radius 1 is 1.46 bits per heavy atom. The molecule has 5 nitrogen and oxygen atoms in total. The number of carbonyl (C=O) groups excluding carboxylic acids is 2. The number of carbonyl (C=O) groups is 2. The van der Waals surface area contributed by atoms with E-state index in [1.807, 2.05) is 11.0 Å². The number of amides is 1. The molecule has 4 rings (SSSR count). The van der Waals surface area contributed by atoms with Gasteiger partial charge in [-0.25, -0.2) is 0 Å². The van der Waals surface area contributed by atoms with Gasteiger partial charge in [0.2, 0.25) is 5.91 Å². The quantitative estimate of drug-likeness (QED) is 0.716. The Hall–Kier alpha value is -1.62. The standard InChI is InChI=1S/C19H25NO4/c1-10-6-11(2)13(12(3)7-10)8-20-9-19-5-4-14(24-19)15(18(22)23)16(19)17(20)21/h4-6,11-16H,7-9H2,1-3H3,(H,22,23)/p-1/t11-,12-,13+,14+,15+,16-,19+/m1/s1. The number of aliphatic carboxylic acids is 1. The van der Waals surface area contributed by atoms with Crippen molar-refractivity contribution in [3.8, 4) is 0 Å². The molecule has 130 valence electrons. The van der Waals surface area contributed by atoms with Crippen molar-refractivity contribution < 1.29 is 19.4 Å². The van der Waals surface area contributed by atoms with Crippen LogP contribution in [0.5, 0.6) is 0 Å². The number of hydrogen-bond acceptors (Lipinski definition) is 4. The van der Waals surface area contributed by atoms with Crippen molar-refractivity contribution in [2.75, 3.05) is 13.1 Å². The maximum Gasteiger partial charge on any atom is 0.229 e. The Bertz CT molecular complexity index is 654. The van der Waals surface area contributed by atoms with Gasteiger partial charge < -0.3 is 19.5 Å². The van der Waals surface area contributed by atoms with Crippen LogP contribution >= 0.6 is 0 Å². The van der Waals surface area contributed by atoms with E-state index in [9.17, 15) is 14.7 Å². The van der Waals surface area contributed by atoms with E-state index in [4.69, 9.17) is 4.74 Å². The van der Waals surface area contributed by atoms with Crippen molar-refractivity contribution in [3.05, 3.63) is 23.8 Å². The predicted molar refractivity (Wildman–Crippen MR) is 85.5 cm³/mol. The van der Waals surface area contributed by atoms with Crippen LogP contribution in [0.3, 0.4) is 0 Å². The molecule has 24 heavy (non-hydrogen) atoms. The summed E-state index contributed by atoms with van der Waals surface area (Å²) < 4.78 is 5.91. The monoisotopic (exact) mass is 330 g/mol. The SMILES string of the molecule is CC1=C[C@@H](C)[C@H](CN2C[C@]34C=C[C@H](O3)[C@H](C(=O)[O-])[C@@H]4C2=O)[C@H](C)C1. The molecule has 3 heterocycles. The molecule has 5 heteroatoms. The first-order valence-electron chi connectivity index (χ1n) is 8.86. The van der Waals surface area contributed by atoms with Gasteiger partial charge in [-0.15, -0.1) is 0 Å². The molecule has 1 spiro atoms. The summed E-state index contributed by atoms with van der Waals surface area (Å²) in [7, 11) is 0. The highest BCUT2D eigenvalue weighted by molar-refractivity contribution is 5.90. The van der Waals surface area contributed by atoms with Crippen molar-refractivity contribution in [1.82, 2.24) is 4.90 Å². The summed E-state index contributed by atoms with van der Waals surface area (Å²) >= 11 is 0. The van der Waals surface area contributed by atoms with Gasteiger partial charge in [0.15, 0.2) is 0 Å². The zero-order chi connectivity index (χ0) is 17.2. The topological polar surface area (TPSA) is 69.7 Å². The van der Waals surface area contributed by atoms with Crippen LogP contribution in [0.4, 0.5) is 0 Å². The largest absolute Gasteiger partial charge is 0.550 e. The molecule has 2 saturated heterocycles. The van der Waals surface area contributed by atoms with E-state index >= 15 is 0 Å². The van der Waals surface area contributed by atoms with Gasteiger partial charge in [0.1, 0.15) is 5.60 Å². The number of fused-ring (bicyclic) bond motifs is 1. The van der Waals surface area contributed by atoms with E-state index in [1.165, 1.54) is 5.57 Å². The molecule has 7 atom stereocenters. The second-order valence-corrected chi connectivity index (χ2v) is 8.16. The Morgan fingerprint density at radius 3 is 2.88 bits per heavy atom. The van der Waals surface area contributed by atoms with Crippen LogP contribution in [-0.2, 0) is 14.3 Å². The minimum absolute atomic E-state index is 0.0817. The summed E-state index contributed by atoms with van der Waals surface area (Å²) in [5, 5.41) is 11.5. The highest BCUT2D eigenvalue weighted by atomic mass is 16.5. The lowest BCUT2D eigenvalue weighted by molar-refractivity contribution is -0.313. The van der Waals surface area contributed by atoms with Gasteiger partial charge in [-0.2, -0.15) is 0 Å². The third-order valence-corrected chi connectivity index (χ3v) is 6.48. The summed E-state index contributed by atoms with van der Waals surface area (Å²) in [4.78, 5) is 26.3. The number of carboxylic acid groups (broad SMARTS) is 1. The number of rotatable bonds is 3. The Morgan fingerprint density at radius 2 is 2.21 bits per heavy atom. The average Bonchev–Trinajstić information content (AvgIpc) is 3.11. The molecule has 0 aromatic rings. The molecular weight excluding hydrogens is 306 g/mol. The smallest absolute Gasteiger partial charge is 0.229 e. The van der Waals surface area contributed by atoms with Crippen LogP contribution in [0.1, 0.15) is 27.2 Å². The molecular formula is C19H24NO4-. The summed E-state index contributed by atoms with van der Waals surface area (Å²) in [6.45, 7) is 7.74. The summed E-state index contributed by atoms with van der Waals surface area (Å²) in [5.41, 5.74) is 0.663. The van der Waals surface area contributed by atoms with Crippen LogP contribution in [0.2, 0.25) is 0 Å². The molecule has 0 aromatic heterocycles. The van der Waals surface area contributed by atoms with Crippen molar-refractivity contribution in [2.24, 2.45) is 29.6 Å². The summed E-state index contributed by atoms with van der Waals surface area (Å²) in [6, 6.07) is 0. The molecule has 0 unspecified atom stereocenters. The first-order chi connectivity index (χ1) is 11.3. The number of likely N-dealkylation sites (tertiary alicyclic amines) is 1. The highest BCUT2D eigenvalue weighted by Gasteiger charge is 2.65. The molecule has 4 aliphatic rings. The lowest BCUT2D eigenvalue weighted by Gasteiger charge is -2.36. The van der Waals surface area contributed by atoms with Crippen LogP contribution in [-0.4, -0.2) is 41.6 Å². The Balaban J connectivity index is 1.56. The predicted octanol–water partition coefficient (Wildman–Crippen LogP) is 0.757. The summed E-state index contributed by atoms with van der Waals surface area (Å²) in [6.07, 6.45) is 6.54. The molecule has 3 aliphatic heterocycles. The van der Waals surface area contributed by atoms with Gasteiger partial charge >= 0.3 is 0 Å². The fourth-order valence-corrected chi connectivity index (χ4v) is 5.42. The van der Waals surface area contributed by atoms with E-state index in [0.29, 0.717) is 30.8 Å². The van der Waals surface area contributed by atoms with E-state index in [1.54, 1.807) is 6.08 Å². The third-order valence-electron chi connectivity index (χ3n) is 6.48. The van der Waals surface area contributed by atoms with Crippen molar-refractivity contribution in [2.45, 2.75) is 38.9 Å². The number of allylic oxidation sites excluding steroid dienone is 2. The van der Waals surface area contributed by atoms with Crippen LogP contribution in [0, 0.1) is 29.6 Å². The Kier molecular flexibility index (Phi) is 3.43. The third kappa shape index (κ3) is 2.10. The molecule has 0 aromatic carbocycles. The number of carboxylic acids is 1. The maximum atomic E-state index is 12.9. The van der Waals surface area contributed by atoms with Crippen molar-refractivity contribution >= 4 is 11.9 Å². The Labute approximate surface area is 142 Å². The molecule has 2 bridgehead atoms. The average molecular weight is 330 g/mol. The van der Waals surface area contributed by atoms with Gasteiger partial charge in [0.25, 0.3) is 0 Å². The van der Waals surface area contributed by atoms with Gasteiger partial charge in [0.05, 0.1) is 18.6 Å². The van der Waals surface area contributed by atoms with E-state index in [0.717, 1.165) is 6.42 Å². The number of nitrogens with zero attached hydrogens (tertiary/aromatic N) is 1. The first-order valence-corrected chi connectivity index (χ1v) is 8.86. The van der Waals surface area contributed by atoms with Crippen LogP contribution in [0.25, 0.3) is 0 Å². The lowest BCUT2D eigenvalue weighted by atomic mass is 9.75. The fourth-order valence-electron chi connectivity index (χ4n) is 5.42. The van der Waals surface area contributed by atoms with Crippen LogP contribution in [0.15, 0.2) is 23.8 Å². The molecule has 2 fully saturated rings. The normalized spacial score (nSPS) is 46.4. The zero-order valence-corrected chi connectivity index (χ0v) is 14.4. The fraction of sp³-hybridized carbons (Fsp3) is 0.684. The van der Waals surface area contributed by atoms with E-state index in [2.05, 4.69) is 26.8 Å². The number of ether oxygens (including phenoxy) is 1. The minimum atomic E-state index is -1.18. The second kappa shape index (κ2) is 5.19. The molecule has 1 amide bonds. The molecule has 1 aliphatic carbocycles. The van der Waals surface area contributed by atoms with Crippen LogP contribution < -0.4 is 5.11 Å². The summed E-state index contributed by atoms with van der Waals surface area (Å²) in [5.74, 6) is -1.40. The van der Waals surface area contributed by atoms with Gasteiger partial charge in [-0.1, -0.05) is 37.6 Å². The molecule has 0 saturated carbocycles. The van der Waals surface area contributed by atoms with Crippen molar-refractivity contribution in [3.63, 3.8) is 0 Å². The number of hydrogen-bond donors (Lipinski definition) is 0. The second-order valence-electron chi connectivity index (χ2n) is 8.16. The van der Waals surface area contributed by atoms with Gasteiger partial charge in [0, 0.05) is 18.4 Å². The zero-order valence-electron chi connectivity index (χ0n) is 14.4. The van der Waals surface area contributed by atoms with Crippen molar-refractivity contribution in [1.29, 1.82) is 0 Å². The lowest BCUT2D eigenvalue weighted by Crippen LogP contribution is -2.45. The van der Waals surface area contributed by atoms with E-state index < -0.39 is 29.5 Å². The minimum Gasteiger partial charge on any atom is -0.550 e. The molecule has 0 N–H and O–H groups in total. The van der Waals surface area contributed by atoms with Gasteiger partial charge in [-0.3, -0.25) is 4.79 Å².